The van der Waals surface area contributed by atoms with Gasteiger partial charge in [0.2, 0.25) is 0 Å². The summed E-state index contributed by atoms with van der Waals surface area (Å²) >= 11 is 0. The molecular formula is C14H27NO. The third-order valence-corrected chi connectivity index (χ3v) is 3.92. The van der Waals surface area contributed by atoms with Crippen molar-refractivity contribution in [3.05, 3.63) is 0 Å². The Morgan fingerprint density at radius 1 is 1.38 bits per heavy atom. The Bertz CT molecular complexity index is 233. The van der Waals surface area contributed by atoms with Crippen LogP contribution in [0.15, 0.2) is 0 Å². The first kappa shape index (κ1) is 13.7. The molecule has 0 saturated carbocycles. The maximum atomic E-state index is 11.6. The van der Waals surface area contributed by atoms with Crippen molar-refractivity contribution in [2.75, 3.05) is 13.1 Å². The smallest absolute Gasteiger partial charge is 0.136 e. The zero-order chi connectivity index (χ0) is 12.2. The van der Waals surface area contributed by atoms with Crippen molar-refractivity contribution in [1.82, 2.24) is 4.90 Å². The summed E-state index contributed by atoms with van der Waals surface area (Å²) in [7, 11) is 0. The van der Waals surface area contributed by atoms with Gasteiger partial charge in [-0.25, -0.2) is 0 Å². The lowest BCUT2D eigenvalue weighted by Crippen LogP contribution is -2.46. The normalized spacial score (nSPS) is 23.4. The summed E-state index contributed by atoms with van der Waals surface area (Å²) in [6.07, 6.45) is 6.52. The SMILES string of the molecule is CCCC1CCCCN1CC(C)(C)C(C)=O. The molecule has 16 heavy (non-hydrogen) atoms. The van der Waals surface area contributed by atoms with Gasteiger partial charge < -0.3 is 0 Å². The van der Waals surface area contributed by atoms with Crippen LogP contribution in [-0.4, -0.2) is 29.8 Å². The third kappa shape index (κ3) is 3.58. The maximum Gasteiger partial charge on any atom is 0.136 e. The van der Waals surface area contributed by atoms with E-state index in [2.05, 4.69) is 25.7 Å². The van der Waals surface area contributed by atoms with Crippen molar-refractivity contribution in [2.24, 2.45) is 5.41 Å². The molecule has 0 aliphatic carbocycles. The number of carbonyl (C=O) groups excluding carboxylic acids is 1. The second-order valence-corrected chi connectivity index (χ2v) is 5.85. The van der Waals surface area contributed by atoms with Crippen LogP contribution >= 0.6 is 0 Å². The average Bonchev–Trinajstić information content (AvgIpc) is 2.20. The van der Waals surface area contributed by atoms with Crippen molar-refractivity contribution in [2.45, 2.75) is 65.8 Å². The summed E-state index contributed by atoms with van der Waals surface area (Å²) in [5.41, 5.74) is -0.177. The molecule has 1 saturated heterocycles. The van der Waals surface area contributed by atoms with Crippen LogP contribution in [0.5, 0.6) is 0 Å². The molecule has 0 aromatic carbocycles. The van der Waals surface area contributed by atoms with Crippen molar-refractivity contribution >= 4 is 5.78 Å². The number of carbonyl (C=O) groups is 1. The lowest BCUT2D eigenvalue weighted by molar-refractivity contribution is -0.126. The van der Waals surface area contributed by atoms with Crippen LogP contribution in [0.25, 0.3) is 0 Å². The Morgan fingerprint density at radius 2 is 2.06 bits per heavy atom. The number of Topliss-reactive ketones (excluding diaryl/α,β-unsaturated/α-hetero) is 1. The standard InChI is InChI=1S/C14H27NO/c1-5-8-13-9-6-7-10-15(13)11-14(3,4)12(2)16/h13H,5-11H2,1-4H3. The molecule has 0 amide bonds. The van der Waals surface area contributed by atoms with Crippen LogP contribution in [0.2, 0.25) is 0 Å². The number of hydrogen-bond acceptors (Lipinski definition) is 2. The molecule has 1 atom stereocenters. The van der Waals surface area contributed by atoms with Gasteiger partial charge in [0.05, 0.1) is 0 Å². The van der Waals surface area contributed by atoms with Gasteiger partial charge >= 0.3 is 0 Å². The van der Waals surface area contributed by atoms with Gasteiger partial charge in [-0.1, -0.05) is 33.6 Å². The van der Waals surface area contributed by atoms with Crippen LogP contribution < -0.4 is 0 Å². The number of rotatable bonds is 5. The number of nitrogens with zero attached hydrogens (tertiary/aromatic N) is 1. The molecule has 0 bridgehead atoms. The first-order valence-corrected chi connectivity index (χ1v) is 6.72. The van der Waals surface area contributed by atoms with E-state index in [0.29, 0.717) is 5.78 Å². The predicted octanol–water partition coefficient (Wildman–Crippen LogP) is 3.26. The minimum atomic E-state index is -0.177. The first-order valence-electron chi connectivity index (χ1n) is 6.72. The molecule has 0 N–H and O–H groups in total. The molecule has 1 fully saturated rings. The minimum Gasteiger partial charge on any atom is -0.299 e. The van der Waals surface area contributed by atoms with E-state index in [4.69, 9.17) is 0 Å². The van der Waals surface area contributed by atoms with Crippen LogP contribution in [0.3, 0.4) is 0 Å². The van der Waals surface area contributed by atoms with Gasteiger partial charge in [-0.15, -0.1) is 0 Å². The number of hydrogen-bond donors (Lipinski definition) is 0. The Morgan fingerprint density at radius 3 is 2.62 bits per heavy atom. The second kappa shape index (κ2) is 5.81. The zero-order valence-electron chi connectivity index (χ0n) is 11.4. The summed E-state index contributed by atoms with van der Waals surface area (Å²) < 4.78 is 0. The van der Waals surface area contributed by atoms with Gasteiger partial charge in [0.15, 0.2) is 0 Å². The Labute approximate surface area is 100 Å². The number of ketones is 1. The van der Waals surface area contributed by atoms with Gasteiger partial charge in [0.25, 0.3) is 0 Å². The third-order valence-electron chi connectivity index (χ3n) is 3.92. The Hall–Kier alpha value is -0.370. The molecule has 94 valence electrons. The summed E-state index contributed by atoms with van der Waals surface area (Å²) in [6, 6.07) is 0.720. The van der Waals surface area contributed by atoms with Gasteiger partial charge in [-0.05, 0) is 32.7 Å². The molecule has 1 rings (SSSR count). The van der Waals surface area contributed by atoms with Gasteiger partial charge in [-0.2, -0.15) is 0 Å². The van der Waals surface area contributed by atoms with E-state index in [-0.39, 0.29) is 5.41 Å². The average molecular weight is 225 g/mol. The highest BCUT2D eigenvalue weighted by molar-refractivity contribution is 5.81. The van der Waals surface area contributed by atoms with Crippen LogP contribution in [0.1, 0.15) is 59.8 Å². The quantitative estimate of drug-likeness (QED) is 0.716. The molecule has 1 heterocycles. The zero-order valence-corrected chi connectivity index (χ0v) is 11.4. The highest BCUT2D eigenvalue weighted by atomic mass is 16.1. The molecule has 0 aromatic rings. The fourth-order valence-electron chi connectivity index (χ4n) is 2.55. The maximum absolute atomic E-state index is 11.6. The molecule has 0 radical (unpaired) electrons. The van der Waals surface area contributed by atoms with E-state index < -0.39 is 0 Å². The van der Waals surface area contributed by atoms with E-state index in [0.717, 1.165) is 12.6 Å². The molecule has 1 unspecified atom stereocenters. The summed E-state index contributed by atoms with van der Waals surface area (Å²) in [5, 5.41) is 0. The fourth-order valence-corrected chi connectivity index (χ4v) is 2.55. The van der Waals surface area contributed by atoms with E-state index in [1.807, 2.05) is 0 Å². The van der Waals surface area contributed by atoms with Gasteiger partial charge in [0, 0.05) is 18.0 Å². The lowest BCUT2D eigenvalue weighted by atomic mass is 9.86. The topological polar surface area (TPSA) is 20.3 Å². The van der Waals surface area contributed by atoms with E-state index in [1.54, 1.807) is 6.92 Å². The van der Waals surface area contributed by atoms with E-state index in [9.17, 15) is 4.79 Å². The minimum absolute atomic E-state index is 0.177. The highest BCUT2D eigenvalue weighted by Crippen LogP contribution is 2.26. The molecule has 2 nitrogen and oxygen atoms in total. The molecule has 0 aromatic heterocycles. The number of piperidine rings is 1. The van der Waals surface area contributed by atoms with Crippen molar-refractivity contribution < 1.29 is 4.79 Å². The molecular weight excluding hydrogens is 198 g/mol. The molecule has 1 aliphatic heterocycles. The summed E-state index contributed by atoms with van der Waals surface area (Å²) in [6.45, 7) is 10.2. The van der Waals surface area contributed by atoms with Gasteiger partial charge in [0.1, 0.15) is 5.78 Å². The van der Waals surface area contributed by atoms with Crippen molar-refractivity contribution in [1.29, 1.82) is 0 Å². The summed E-state index contributed by atoms with van der Waals surface area (Å²) in [5.74, 6) is 0.313. The van der Waals surface area contributed by atoms with Gasteiger partial charge in [-0.3, -0.25) is 9.69 Å². The number of likely N-dealkylation sites (tertiary alicyclic amines) is 1. The summed E-state index contributed by atoms with van der Waals surface area (Å²) in [4.78, 5) is 14.1. The van der Waals surface area contributed by atoms with E-state index >= 15 is 0 Å². The Balaban J connectivity index is 2.58. The van der Waals surface area contributed by atoms with Crippen LogP contribution in [0, 0.1) is 5.41 Å². The van der Waals surface area contributed by atoms with Crippen LogP contribution in [0.4, 0.5) is 0 Å². The van der Waals surface area contributed by atoms with Crippen molar-refractivity contribution in [3.63, 3.8) is 0 Å². The fraction of sp³-hybridized carbons (Fsp3) is 0.929. The Kier molecular flexibility index (Phi) is 4.97. The van der Waals surface area contributed by atoms with E-state index in [1.165, 1.54) is 38.6 Å². The lowest BCUT2D eigenvalue weighted by Gasteiger charge is -2.39. The molecule has 1 aliphatic rings. The second-order valence-electron chi connectivity index (χ2n) is 5.85. The molecule has 0 spiro atoms. The first-order chi connectivity index (χ1) is 7.47. The van der Waals surface area contributed by atoms with Crippen molar-refractivity contribution in [3.8, 4) is 0 Å². The predicted molar refractivity (Wildman–Crippen MR) is 68.6 cm³/mol. The highest BCUT2D eigenvalue weighted by Gasteiger charge is 2.30. The monoisotopic (exact) mass is 225 g/mol. The van der Waals surface area contributed by atoms with Crippen LogP contribution in [-0.2, 0) is 4.79 Å². The largest absolute Gasteiger partial charge is 0.299 e. The molecule has 2 heteroatoms.